The Morgan fingerprint density at radius 2 is 1.06 bits per heavy atom. The first-order valence-electron chi connectivity index (χ1n) is 12.5. The molecule has 0 aliphatic rings. The van der Waals surface area contributed by atoms with Gasteiger partial charge in [0.1, 0.15) is 16.9 Å². The van der Waals surface area contributed by atoms with Crippen molar-refractivity contribution in [2.45, 2.75) is 58.3 Å². The van der Waals surface area contributed by atoms with Crippen molar-refractivity contribution >= 4 is 54.3 Å². The van der Waals surface area contributed by atoms with Crippen LogP contribution in [0, 0.1) is 0 Å². The smallest absolute Gasteiger partial charge is 0.134 e. The molecule has 0 fully saturated rings. The Morgan fingerprint density at radius 3 is 1.76 bits per heavy atom. The van der Waals surface area contributed by atoms with E-state index in [4.69, 9.17) is 8.83 Å². The fourth-order valence-corrected chi connectivity index (χ4v) is 5.44. The molecule has 0 radical (unpaired) electrons. The first-order chi connectivity index (χ1) is 16.3. The van der Waals surface area contributed by atoms with E-state index in [1.807, 2.05) is 0 Å². The summed E-state index contributed by atoms with van der Waals surface area (Å²) in [5, 5.41) is 10.1. The van der Waals surface area contributed by atoms with E-state index in [9.17, 15) is 0 Å². The first-order valence-corrected chi connectivity index (χ1v) is 12.5. The van der Waals surface area contributed by atoms with Crippen LogP contribution in [0.3, 0.4) is 0 Å². The fourth-order valence-electron chi connectivity index (χ4n) is 5.44. The van der Waals surface area contributed by atoms with Crippen LogP contribution in [0.2, 0.25) is 0 Å². The molecule has 6 aromatic rings. The Balaban J connectivity index is 1.34. The first kappa shape index (κ1) is 20.4. The summed E-state index contributed by atoms with van der Waals surface area (Å²) in [4.78, 5) is 0. The number of rotatable bonds is 8. The highest BCUT2D eigenvalue weighted by atomic mass is 16.3. The second-order valence-corrected chi connectivity index (χ2v) is 9.38. The molecule has 0 bridgehead atoms. The van der Waals surface area contributed by atoms with Crippen LogP contribution in [-0.2, 0) is 6.42 Å². The minimum atomic E-state index is 0.941. The standard InChI is InChI=1S/C31H30O2/c1-2-3-4-5-6-7-8-9-21-20-29-27-13-11-22-23(25(27)15-17-31(29)33-21)10-12-26-24(22)14-16-30-28(26)18-19-32-30/h10-20H,2-9H2,1H3. The Bertz CT molecular complexity index is 1580. The summed E-state index contributed by atoms with van der Waals surface area (Å²) in [6.07, 6.45) is 12.1. The van der Waals surface area contributed by atoms with Crippen LogP contribution in [0.5, 0.6) is 0 Å². The molecule has 2 nitrogen and oxygen atoms in total. The fraction of sp³-hybridized carbons (Fsp3) is 0.290. The number of benzene rings is 4. The summed E-state index contributed by atoms with van der Waals surface area (Å²) < 4.78 is 11.8. The molecule has 0 aliphatic heterocycles. The molecule has 0 saturated heterocycles. The molecule has 0 atom stereocenters. The SMILES string of the molecule is CCCCCCCCCc1cc2c(ccc3c2ccc2c4ccc5occc5c4ccc32)o1. The van der Waals surface area contributed by atoms with Crippen molar-refractivity contribution in [3.8, 4) is 0 Å². The molecule has 0 saturated carbocycles. The molecule has 0 aliphatic carbocycles. The van der Waals surface area contributed by atoms with Crippen LogP contribution in [0.25, 0.3) is 54.3 Å². The van der Waals surface area contributed by atoms with Crippen molar-refractivity contribution in [1.29, 1.82) is 0 Å². The lowest BCUT2D eigenvalue weighted by Crippen LogP contribution is -1.84. The Hall–Kier alpha value is -3.26. The normalized spacial score (nSPS) is 12.2. The van der Waals surface area contributed by atoms with Gasteiger partial charge in [0.05, 0.1) is 6.26 Å². The van der Waals surface area contributed by atoms with Gasteiger partial charge in [-0.1, -0.05) is 81.8 Å². The van der Waals surface area contributed by atoms with E-state index in [-0.39, 0.29) is 0 Å². The van der Waals surface area contributed by atoms with Gasteiger partial charge in [-0.2, -0.15) is 0 Å². The van der Waals surface area contributed by atoms with Gasteiger partial charge >= 0.3 is 0 Å². The van der Waals surface area contributed by atoms with Gasteiger partial charge in [-0.25, -0.2) is 0 Å². The highest BCUT2D eigenvalue weighted by Crippen LogP contribution is 2.37. The maximum Gasteiger partial charge on any atom is 0.134 e. The largest absolute Gasteiger partial charge is 0.464 e. The number of hydrogen-bond acceptors (Lipinski definition) is 2. The van der Waals surface area contributed by atoms with E-state index in [1.54, 1.807) is 6.26 Å². The Kier molecular flexibility index (Phi) is 5.30. The van der Waals surface area contributed by atoms with Gasteiger partial charge in [0.15, 0.2) is 0 Å². The third-order valence-corrected chi connectivity index (χ3v) is 7.20. The van der Waals surface area contributed by atoms with Crippen molar-refractivity contribution < 1.29 is 8.83 Å². The molecule has 2 aromatic heterocycles. The van der Waals surface area contributed by atoms with Gasteiger partial charge in [-0.05, 0) is 63.0 Å². The maximum atomic E-state index is 6.23. The van der Waals surface area contributed by atoms with Crippen molar-refractivity contribution in [1.82, 2.24) is 0 Å². The highest BCUT2D eigenvalue weighted by molar-refractivity contribution is 6.24. The molecule has 0 amide bonds. The van der Waals surface area contributed by atoms with Crippen LogP contribution in [0.4, 0.5) is 0 Å². The molecule has 2 heteroatoms. The molecule has 166 valence electrons. The maximum absolute atomic E-state index is 6.23. The van der Waals surface area contributed by atoms with Crippen molar-refractivity contribution in [2.24, 2.45) is 0 Å². The third-order valence-electron chi connectivity index (χ3n) is 7.20. The van der Waals surface area contributed by atoms with Gasteiger partial charge in [-0.15, -0.1) is 0 Å². The summed E-state index contributed by atoms with van der Waals surface area (Å²) in [6.45, 7) is 2.27. The molecular weight excluding hydrogens is 404 g/mol. The van der Waals surface area contributed by atoms with Crippen LogP contribution in [0.15, 0.2) is 75.8 Å². The second kappa shape index (κ2) is 8.59. The number of unbranched alkanes of at least 4 members (excludes halogenated alkanes) is 6. The van der Waals surface area contributed by atoms with E-state index >= 15 is 0 Å². The zero-order valence-corrected chi connectivity index (χ0v) is 19.3. The van der Waals surface area contributed by atoms with E-state index in [0.717, 1.165) is 23.3 Å². The Morgan fingerprint density at radius 1 is 0.515 bits per heavy atom. The van der Waals surface area contributed by atoms with Gasteiger partial charge in [0.25, 0.3) is 0 Å². The summed E-state index contributed by atoms with van der Waals surface area (Å²) in [5.41, 5.74) is 1.94. The van der Waals surface area contributed by atoms with E-state index < -0.39 is 0 Å². The van der Waals surface area contributed by atoms with Crippen molar-refractivity contribution in [3.63, 3.8) is 0 Å². The van der Waals surface area contributed by atoms with Crippen LogP contribution < -0.4 is 0 Å². The molecule has 4 aromatic carbocycles. The number of hydrogen-bond donors (Lipinski definition) is 0. The zero-order valence-electron chi connectivity index (χ0n) is 19.3. The summed E-state index contributed by atoms with van der Waals surface area (Å²) in [5.74, 6) is 1.12. The van der Waals surface area contributed by atoms with Crippen molar-refractivity contribution in [3.05, 3.63) is 72.7 Å². The second-order valence-electron chi connectivity index (χ2n) is 9.38. The molecule has 2 heterocycles. The predicted octanol–water partition coefficient (Wildman–Crippen LogP) is 9.93. The van der Waals surface area contributed by atoms with Gasteiger partial charge in [0, 0.05) is 17.2 Å². The van der Waals surface area contributed by atoms with E-state index in [0.29, 0.717) is 0 Å². The average molecular weight is 435 g/mol. The van der Waals surface area contributed by atoms with Crippen LogP contribution in [0.1, 0.15) is 57.6 Å². The van der Waals surface area contributed by atoms with Gasteiger partial charge < -0.3 is 8.83 Å². The van der Waals surface area contributed by atoms with Gasteiger partial charge in [-0.3, -0.25) is 0 Å². The lowest BCUT2D eigenvalue weighted by atomic mass is 9.95. The molecular formula is C31H30O2. The molecule has 0 spiro atoms. The number of furan rings is 2. The molecule has 33 heavy (non-hydrogen) atoms. The predicted molar refractivity (Wildman–Crippen MR) is 140 cm³/mol. The number of fused-ring (bicyclic) bond motifs is 9. The molecule has 0 unspecified atom stereocenters. The Labute approximate surface area is 194 Å². The minimum Gasteiger partial charge on any atom is -0.464 e. The van der Waals surface area contributed by atoms with Crippen LogP contribution >= 0.6 is 0 Å². The highest BCUT2D eigenvalue weighted by Gasteiger charge is 2.12. The minimum absolute atomic E-state index is 0.941. The van der Waals surface area contributed by atoms with Crippen molar-refractivity contribution in [2.75, 3.05) is 0 Å². The lowest BCUT2D eigenvalue weighted by molar-refractivity contribution is 0.520. The summed E-state index contributed by atoms with van der Waals surface area (Å²) in [7, 11) is 0. The monoisotopic (exact) mass is 434 g/mol. The molecule has 6 rings (SSSR count). The van der Waals surface area contributed by atoms with E-state index in [2.05, 4.69) is 67.6 Å². The molecule has 0 N–H and O–H groups in total. The zero-order chi connectivity index (χ0) is 22.2. The summed E-state index contributed by atoms with van der Waals surface area (Å²) >= 11 is 0. The van der Waals surface area contributed by atoms with Crippen LogP contribution in [-0.4, -0.2) is 0 Å². The lowest BCUT2D eigenvalue weighted by Gasteiger charge is -2.08. The quantitative estimate of drug-likeness (QED) is 0.176. The van der Waals surface area contributed by atoms with E-state index in [1.165, 1.54) is 88.0 Å². The topological polar surface area (TPSA) is 26.3 Å². The summed E-state index contributed by atoms with van der Waals surface area (Å²) in [6, 6.07) is 22.0. The third kappa shape index (κ3) is 3.58. The average Bonchev–Trinajstić information content (AvgIpc) is 3.49. The number of aryl methyl sites for hydroxylation is 1. The van der Waals surface area contributed by atoms with Gasteiger partial charge in [0.2, 0.25) is 0 Å².